The second-order valence-corrected chi connectivity index (χ2v) is 6.78. The fraction of sp³-hybridized carbons (Fsp3) is 0.273. The zero-order chi connectivity index (χ0) is 18.9. The van der Waals surface area contributed by atoms with Gasteiger partial charge in [0.05, 0.1) is 17.9 Å². The number of rotatable bonds is 3. The van der Waals surface area contributed by atoms with E-state index in [1.54, 1.807) is 13.3 Å². The maximum Gasteiger partial charge on any atom is 0.187 e. The van der Waals surface area contributed by atoms with Gasteiger partial charge in [0.25, 0.3) is 0 Å². The summed E-state index contributed by atoms with van der Waals surface area (Å²) in [5, 5.41) is 0. The van der Waals surface area contributed by atoms with E-state index in [2.05, 4.69) is 4.98 Å². The lowest BCUT2D eigenvalue weighted by molar-refractivity contribution is -0.307. The SMILES string of the molecule is CO[C@H]1O[C@@H]2CO[C@@H](c3ccccc3)O[C@H]2c2nc(-c3ccccc3)ncc21. The largest absolute Gasteiger partial charge is 0.352 e. The van der Waals surface area contributed by atoms with E-state index in [4.69, 9.17) is 23.9 Å². The molecule has 0 N–H and O–H groups in total. The van der Waals surface area contributed by atoms with Crippen LogP contribution in [0.2, 0.25) is 0 Å². The Morgan fingerprint density at radius 2 is 1.71 bits per heavy atom. The van der Waals surface area contributed by atoms with Crippen LogP contribution >= 0.6 is 0 Å². The Balaban J connectivity index is 1.54. The van der Waals surface area contributed by atoms with Crippen LogP contribution in [0, 0.1) is 0 Å². The number of aromatic nitrogens is 2. The molecule has 0 radical (unpaired) electrons. The minimum absolute atomic E-state index is 0.295. The molecule has 142 valence electrons. The number of benzene rings is 2. The third kappa shape index (κ3) is 3.10. The molecular formula is C22H20N2O4. The Labute approximate surface area is 163 Å². The Bertz CT molecular complexity index is 951. The predicted molar refractivity (Wildman–Crippen MR) is 101 cm³/mol. The molecule has 0 spiro atoms. The second kappa shape index (κ2) is 7.41. The lowest BCUT2D eigenvalue weighted by atomic mass is 10.00. The summed E-state index contributed by atoms with van der Waals surface area (Å²) in [5.41, 5.74) is 3.50. The lowest BCUT2D eigenvalue weighted by Gasteiger charge is -2.41. The van der Waals surface area contributed by atoms with Gasteiger partial charge in [-0.05, 0) is 0 Å². The number of hydrogen-bond donors (Lipinski definition) is 0. The first-order valence-corrected chi connectivity index (χ1v) is 9.26. The van der Waals surface area contributed by atoms with Crippen molar-refractivity contribution in [3.63, 3.8) is 0 Å². The number of methoxy groups -OCH3 is 1. The van der Waals surface area contributed by atoms with Crippen LogP contribution in [0.4, 0.5) is 0 Å². The molecule has 0 saturated carbocycles. The monoisotopic (exact) mass is 376 g/mol. The van der Waals surface area contributed by atoms with Crippen molar-refractivity contribution in [3.8, 4) is 11.4 Å². The lowest BCUT2D eigenvalue weighted by Crippen LogP contribution is -2.42. The summed E-state index contributed by atoms with van der Waals surface area (Å²) >= 11 is 0. The first-order valence-electron chi connectivity index (χ1n) is 9.26. The predicted octanol–water partition coefficient (Wildman–Crippen LogP) is 3.97. The van der Waals surface area contributed by atoms with Crippen molar-refractivity contribution in [2.45, 2.75) is 24.8 Å². The van der Waals surface area contributed by atoms with Crippen molar-refractivity contribution in [3.05, 3.63) is 83.7 Å². The molecule has 6 nitrogen and oxygen atoms in total. The third-order valence-corrected chi connectivity index (χ3v) is 5.01. The van der Waals surface area contributed by atoms with E-state index in [0.29, 0.717) is 12.4 Å². The Hall–Kier alpha value is -2.64. The topological polar surface area (TPSA) is 62.7 Å². The van der Waals surface area contributed by atoms with E-state index in [1.165, 1.54) is 0 Å². The summed E-state index contributed by atoms with van der Waals surface area (Å²) < 4.78 is 23.8. The van der Waals surface area contributed by atoms with Gasteiger partial charge in [0.15, 0.2) is 18.4 Å². The van der Waals surface area contributed by atoms with E-state index >= 15 is 0 Å². The zero-order valence-corrected chi connectivity index (χ0v) is 15.4. The van der Waals surface area contributed by atoms with Gasteiger partial charge in [-0.25, -0.2) is 9.97 Å². The molecular weight excluding hydrogens is 356 g/mol. The normalized spacial score (nSPS) is 26.3. The zero-order valence-electron chi connectivity index (χ0n) is 15.4. The summed E-state index contributed by atoms with van der Waals surface area (Å²) in [6, 6.07) is 19.8. The highest BCUT2D eigenvalue weighted by molar-refractivity contribution is 5.55. The van der Waals surface area contributed by atoms with Crippen molar-refractivity contribution in [2.24, 2.45) is 0 Å². The smallest absolute Gasteiger partial charge is 0.187 e. The first-order chi connectivity index (χ1) is 13.8. The van der Waals surface area contributed by atoms with Crippen LogP contribution in [-0.2, 0) is 18.9 Å². The van der Waals surface area contributed by atoms with Gasteiger partial charge in [0.1, 0.15) is 12.2 Å². The summed E-state index contributed by atoms with van der Waals surface area (Å²) in [7, 11) is 1.61. The number of ether oxygens (including phenoxy) is 4. The molecule has 1 fully saturated rings. The van der Waals surface area contributed by atoms with Crippen LogP contribution in [0.15, 0.2) is 66.9 Å². The summed E-state index contributed by atoms with van der Waals surface area (Å²) in [6.45, 7) is 0.397. The first kappa shape index (κ1) is 17.5. The quantitative estimate of drug-likeness (QED) is 0.689. The van der Waals surface area contributed by atoms with Crippen LogP contribution in [0.5, 0.6) is 0 Å². The average molecular weight is 376 g/mol. The molecule has 6 heteroatoms. The molecule has 2 aromatic carbocycles. The molecule has 0 bridgehead atoms. The van der Waals surface area contributed by atoms with E-state index < -0.39 is 12.6 Å². The standard InChI is InChI=1S/C22H20N2O4/c1-25-22-16-12-23-20(14-8-4-2-5-9-14)24-18(16)19-17(27-22)13-26-21(28-19)15-10-6-3-7-11-15/h2-12,17,19,21-22H,13H2,1H3/t17-,19-,21-,22+/m1/s1. The third-order valence-electron chi connectivity index (χ3n) is 5.01. The number of hydrogen-bond acceptors (Lipinski definition) is 6. The molecule has 28 heavy (non-hydrogen) atoms. The van der Waals surface area contributed by atoms with Crippen LogP contribution in [0.3, 0.4) is 0 Å². The molecule has 0 aliphatic carbocycles. The van der Waals surface area contributed by atoms with Crippen LogP contribution in [0.1, 0.15) is 35.5 Å². The number of fused-ring (bicyclic) bond motifs is 3. The molecule has 1 saturated heterocycles. The summed E-state index contributed by atoms with van der Waals surface area (Å²) in [5.74, 6) is 0.654. The fourth-order valence-corrected chi connectivity index (χ4v) is 3.62. The Kier molecular flexibility index (Phi) is 4.62. The van der Waals surface area contributed by atoms with Gasteiger partial charge in [-0.2, -0.15) is 0 Å². The van der Waals surface area contributed by atoms with Crippen LogP contribution in [0.25, 0.3) is 11.4 Å². The van der Waals surface area contributed by atoms with E-state index in [-0.39, 0.29) is 12.2 Å². The minimum Gasteiger partial charge on any atom is -0.352 e. The average Bonchev–Trinajstić information content (AvgIpc) is 2.79. The molecule has 2 aliphatic heterocycles. The minimum atomic E-state index is -0.540. The summed E-state index contributed by atoms with van der Waals surface area (Å²) in [4.78, 5) is 9.36. The van der Waals surface area contributed by atoms with Gasteiger partial charge in [0.2, 0.25) is 0 Å². The highest BCUT2D eigenvalue weighted by Crippen LogP contribution is 2.44. The fourth-order valence-electron chi connectivity index (χ4n) is 3.62. The summed E-state index contributed by atoms with van der Waals surface area (Å²) in [6.07, 6.45) is 0.113. The van der Waals surface area contributed by atoms with Crippen molar-refractivity contribution < 1.29 is 18.9 Å². The van der Waals surface area contributed by atoms with Crippen molar-refractivity contribution in [1.82, 2.24) is 9.97 Å². The maximum atomic E-state index is 6.29. The molecule has 4 atom stereocenters. The highest BCUT2D eigenvalue weighted by Gasteiger charge is 2.43. The molecule has 1 aromatic heterocycles. The van der Waals surface area contributed by atoms with Gasteiger partial charge in [-0.1, -0.05) is 60.7 Å². The van der Waals surface area contributed by atoms with Gasteiger partial charge < -0.3 is 18.9 Å². The van der Waals surface area contributed by atoms with E-state index in [0.717, 1.165) is 22.4 Å². The van der Waals surface area contributed by atoms with E-state index in [1.807, 2.05) is 60.7 Å². The molecule has 3 aromatic rings. The van der Waals surface area contributed by atoms with Crippen molar-refractivity contribution >= 4 is 0 Å². The van der Waals surface area contributed by atoms with Gasteiger partial charge >= 0.3 is 0 Å². The van der Waals surface area contributed by atoms with Crippen LogP contribution in [-0.4, -0.2) is 29.8 Å². The maximum absolute atomic E-state index is 6.29. The molecule has 0 amide bonds. The van der Waals surface area contributed by atoms with Gasteiger partial charge in [-0.3, -0.25) is 0 Å². The Morgan fingerprint density at radius 1 is 0.964 bits per heavy atom. The van der Waals surface area contributed by atoms with E-state index in [9.17, 15) is 0 Å². The number of nitrogens with zero attached hydrogens (tertiary/aromatic N) is 2. The molecule has 5 rings (SSSR count). The van der Waals surface area contributed by atoms with Crippen molar-refractivity contribution in [1.29, 1.82) is 0 Å². The molecule has 2 aliphatic rings. The van der Waals surface area contributed by atoms with Crippen molar-refractivity contribution in [2.75, 3.05) is 13.7 Å². The molecule has 0 unspecified atom stereocenters. The van der Waals surface area contributed by atoms with Gasteiger partial charge in [0, 0.05) is 24.4 Å². The van der Waals surface area contributed by atoms with Gasteiger partial charge in [-0.15, -0.1) is 0 Å². The highest BCUT2D eigenvalue weighted by atomic mass is 16.7. The second-order valence-electron chi connectivity index (χ2n) is 6.78. The van der Waals surface area contributed by atoms with Crippen LogP contribution < -0.4 is 0 Å². The Morgan fingerprint density at radius 3 is 2.46 bits per heavy atom. The molecule has 3 heterocycles.